The van der Waals surface area contributed by atoms with Gasteiger partial charge in [0.2, 0.25) is 5.95 Å². The van der Waals surface area contributed by atoms with Gasteiger partial charge in [-0.15, -0.1) is 0 Å². The van der Waals surface area contributed by atoms with Crippen molar-refractivity contribution in [3.05, 3.63) is 47.4 Å². The van der Waals surface area contributed by atoms with Crippen molar-refractivity contribution < 1.29 is 4.39 Å². The second-order valence-corrected chi connectivity index (χ2v) is 4.17. The average Bonchev–Trinajstić information content (AvgIpc) is 2.28. The smallest absolute Gasteiger partial charge is 0.222 e. The standard InChI is InChI=1S/C13H15FN4/c1-8-7-12(18-13(15)16-8)17-9(2)10-3-5-11(14)6-4-10/h3-7,9H,1-2H3,(H3,15,16,17,18). The first-order valence-electron chi connectivity index (χ1n) is 5.68. The van der Waals surface area contributed by atoms with E-state index < -0.39 is 0 Å². The summed E-state index contributed by atoms with van der Waals surface area (Å²) in [5.74, 6) is 0.661. The summed E-state index contributed by atoms with van der Waals surface area (Å²) in [7, 11) is 0. The van der Waals surface area contributed by atoms with Gasteiger partial charge in [-0.25, -0.2) is 9.37 Å². The van der Waals surface area contributed by atoms with E-state index in [-0.39, 0.29) is 17.8 Å². The average molecular weight is 246 g/mol. The largest absolute Gasteiger partial charge is 0.368 e. The van der Waals surface area contributed by atoms with Crippen LogP contribution in [-0.4, -0.2) is 9.97 Å². The van der Waals surface area contributed by atoms with Gasteiger partial charge in [0.15, 0.2) is 0 Å². The van der Waals surface area contributed by atoms with E-state index in [1.807, 2.05) is 19.9 Å². The molecule has 0 aliphatic carbocycles. The first-order chi connectivity index (χ1) is 8.54. The van der Waals surface area contributed by atoms with Gasteiger partial charge in [0.25, 0.3) is 0 Å². The number of aromatic nitrogens is 2. The van der Waals surface area contributed by atoms with E-state index in [4.69, 9.17) is 5.73 Å². The van der Waals surface area contributed by atoms with Crippen molar-refractivity contribution in [1.29, 1.82) is 0 Å². The highest BCUT2D eigenvalue weighted by Crippen LogP contribution is 2.18. The Kier molecular flexibility index (Phi) is 3.41. The fraction of sp³-hybridized carbons (Fsp3) is 0.231. The third-order valence-corrected chi connectivity index (χ3v) is 2.61. The van der Waals surface area contributed by atoms with Gasteiger partial charge in [-0.05, 0) is 31.5 Å². The first kappa shape index (κ1) is 12.3. The summed E-state index contributed by atoms with van der Waals surface area (Å²) in [5.41, 5.74) is 7.36. The molecule has 0 saturated carbocycles. The molecule has 0 bridgehead atoms. The number of benzene rings is 1. The van der Waals surface area contributed by atoms with E-state index in [1.54, 1.807) is 12.1 Å². The van der Waals surface area contributed by atoms with Crippen LogP contribution in [0.2, 0.25) is 0 Å². The quantitative estimate of drug-likeness (QED) is 0.874. The van der Waals surface area contributed by atoms with E-state index in [1.165, 1.54) is 12.1 Å². The minimum absolute atomic E-state index is 0.0132. The van der Waals surface area contributed by atoms with Crippen molar-refractivity contribution in [3.63, 3.8) is 0 Å². The molecule has 1 heterocycles. The molecule has 0 amide bonds. The number of aryl methyl sites for hydroxylation is 1. The molecule has 0 spiro atoms. The molecule has 18 heavy (non-hydrogen) atoms. The monoisotopic (exact) mass is 246 g/mol. The Balaban J connectivity index is 2.15. The lowest BCUT2D eigenvalue weighted by atomic mass is 10.1. The minimum Gasteiger partial charge on any atom is -0.368 e. The zero-order valence-electron chi connectivity index (χ0n) is 10.3. The van der Waals surface area contributed by atoms with Crippen LogP contribution in [0.3, 0.4) is 0 Å². The van der Waals surface area contributed by atoms with Gasteiger partial charge in [0.05, 0.1) is 0 Å². The maximum atomic E-state index is 12.8. The highest BCUT2D eigenvalue weighted by atomic mass is 19.1. The van der Waals surface area contributed by atoms with Gasteiger partial charge in [0.1, 0.15) is 11.6 Å². The van der Waals surface area contributed by atoms with E-state index in [0.717, 1.165) is 11.3 Å². The molecule has 0 fully saturated rings. The second-order valence-electron chi connectivity index (χ2n) is 4.17. The van der Waals surface area contributed by atoms with Crippen LogP contribution < -0.4 is 11.1 Å². The molecule has 4 nitrogen and oxygen atoms in total. The van der Waals surface area contributed by atoms with Crippen molar-refractivity contribution in [2.24, 2.45) is 0 Å². The molecule has 2 aromatic rings. The van der Waals surface area contributed by atoms with Crippen LogP contribution in [-0.2, 0) is 0 Å². The van der Waals surface area contributed by atoms with E-state index in [2.05, 4.69) is 15.3 Å². The van der Waals surface area contributed by atoms with Gasteiger partial charge in [-0.1, -0.05) is 12.1 Å². The number of halogens is 1. The van der Waals surface area contributed by atoms with Crippen LogP contribution in [0.5, 0.6) is 0 Å². The minimum atomic E-state index is -0.243. The van der Waals surface area contributed by atoms with Crippen LogP contribution in [0.15, 0.2) is 30.3 Å². The van der Waals surface area contributed by atoms with Crippen molar-refractivity contribution in [2.45, 2.75) is 19.9 Å². The summed E-state index contributed by atoms with van der Waals surface area (Å²) in [6, 6.07) is 8.19. The van der Waals surface area contributed by atoms with Gasteiger partial charge in [-0.2, -0.15) is 4.98 Å². The van der Waals surface area contributed by atoms with Crippen LogP contribution in [0.4, 0.5) is 16.2 Å². The van der Waals surface area contributed by atoms with E-state index >= 15 is 0 Å². The molecule has 0 saturated heterocycles. The molecule has 1 aromatic heterocycles. The molecular formula is C13H15FN4. The fourth-order valence-corrected chi connectivity index (χ4v) is 1.72. The lowest BCUT2D eigenvalue weighted by molar-refractivity contribution is 0.626. The first-order valence-corrected chi connectivity index (χ1v) is 5.68. The molecule has 2 rings (SSSR count). The number of nitrogens with zero attached hydrogens (tertiary/aromatic N) is 2. The summed E-state index contributed by atoms with van der Waals surface area (Å²) in [4.78, 5) is 8.10. The second kappa shape index (κ2) is 5.00. The fourth-order valence-electron chi connectivity index (χ4n) is 1.72. The highest BCUT2D eigenvalue weighted by Gasteiger charge is 2.07. The maximum absolute atomic E-state index is 12.8. The predicted octanol–water partition coefficient (Wildman–Crippen LogP) is 2.68. The normalized spacial score (nSPS) is 12.2. The van der Waals surface area contributed by atoms with Crippen LogP contribution >= 0.6 is 0 Å². The number of hydrogen-bond acceptors (Lipinski definition) is 4. The van der Waals surface area contributed by atoms with Crippen molar-refractivity contribution in [3.8, 4) is 0 Å². The van der Waals surface area contributed by atoms with Crippen molar-refractivity contribution in [2.75, 3.05) is 11.1 Å². The van der Waals surface area contributed by atoms with Gasteiger partial charge in [-0.3, -0.25) is 0 Å². The molecule has 0 aliphatic rings. The zero-order valence-corrected chi connectivity index (χ0v) is 10.3. The summed E-state index contributed by atoms with van der Waals surface area (Å²) in [5, 5.41) is 3.21. The lowest BCUT2D eigenvalue weighted by Gasteiger charge is -2.15. The third-order valence-electron chi connectivity index (χ3n) is 2.61. The third kappa shape index (κ3) is 2.94. The Morgan fingerprint density at radius 1 is 1.22 bits per heavy atom. The molecule has 0 aliphatic heterocycles. The number of anilines is 2. The Labute approximate surface area is 105 Å². The number of rotatable bonds is 3. The summed E-state index contributed by atoms with van der Waals surface area (Å²) < 4.78 is 12.8. The Hall–Kier alpha value is -2.17. The Bertz CT molecular complexity index is 519. The molecular weight excluding hydrogens is 231 g/mol. The zero-order chi connectivity index (χ0) is 13.1. The topological polar surface area (TPSA) is 63.8 Å². The van der Waals surface area contributed by atoms with Crippen LogP contribution in [0.1, 0.15) is 24.2 Å². The van der Waals surface area contributed by atoms with Gasteiger partial charge in [0, 0.05) is 17.8 Å². The maximum Gasteiger partial charge on any atom is 0.222 e. The Morgan fingerprint density at radius 3 is 2.50 bits per heavy atom. The number of nitrogens with one attached hydrogen (secondary N) is 1. The van der Waals surface area contributed by atoms with Gasteiger partial charge >= 0.3 is 0 Å². The highest BCUT2D eigenvalue weighted by molar-refractivity contribution is 5.42. The molecule has 0 radical (unpaired) electrons. The van der Waals surface area contributed by atoms with Crippen molar-refractivity contribution in [1.82, 2.24) is 9.97 Å². The molecule has 3 N–H and O–H groups in total. The van der Waals surface area contributed by atoms with Crippen molar-refractivity contribution >= 4 is 11.8 Å². The summed E-state index contributed by atoms with van der Waals surface area (Å²) in [6.45, 7) is 3.83. The summed E-state index contributed by atoms with van der Waals surface area (Å²) in [6.07, 6.45) is 0. The molecule has 1 unspecified atom stereocenters. The number of nitrogens with two attached hydrogens (primary N) is 1. The molecule has 5 heteroatoms. The molecule has 1 aromatic carbocycles. The Morgan fingerprint density at radius 2 is 1.89 bits per heavy atom. The van der Waals surface area contributed by atoms with Crippen LogP contribution in [0.25, 0.3) is 0 Å². The molecule has 94 valence electrons. The number of hydrogen-bond donors (Lipinski definition) is 2. The van der Waals surface area contributed by atoms with E-state index in [9.17, 15) is 4.39 Å². The lowest BCUT2D eigenvalue weighted by Crippen LogP contribution is -2.09. The van der Waals surface area contributed by atoms with E-state index in [0.29, 0.717) is 5.82 Å². The number of nitrogen functional groups attached to an aromatic ring is 1. The SMILES string of the molecule is Cc1cc(NC(C)c2ccc(F)cc2)nc(N)n1. The van der Waals surface area contributed by atoms with Gasteiger partial charge < -0.3 is 11.1 Å². The predicted molar refractivity (Wildman–Crippen MR) is 69.6 cm³/mol. The van der Waals surface area contributed by atoms with Crippen LogP contribution in [0, 0.1) is 12.7 Å². The summed E-state index contributed by atoms with van der Waals surface area (Å²) >= 11 is 0. The molecule has 1 atom stereocenters.